The molecule has 0 aliphatic heterocycles. The summed E-state index contributed by atoms with van der Waals surface area (Å²) in [5, 5.41) is 0. The summed E-state index contributed by atoms with van der Waals surface area (Å²) < 4.78 is 5.75. The van der Waals surface area contributed by atoms with Gasteiger partial charge in [0, 0.05) is 0 Å². The molecule has 0 saturated heterocycles. The molecule has 1 unspecified atom stereocenters. The van der Waals surface area contributed by atoms with E-state index in [9.17, 15) is 4.79 Å². The third-order valence-corrected chi connectivity index (χ3v) is 7.78. The Bertz CT molecular complexity index is 396. The van der Waals surface area contributed by atoms with Crippen molar-refractivity contribution < 1.29 is 9.53 Å². The van der Waals surface area contributed by atoms with E-state index in [1.165, 1.54) is 70.6 Å². The van der Waals surface area contributed by atoms with Crippen LogP contribution in [-0.4, -0.2) is 12.6 Å². The molecule has 3 aliphatic rings. The van der Waals surface area contributed by atoms with Crippen LogP contribution in [0.15, 0.2) is 0 Å². The Hall–Kier alpha value is -0.530. The number of hydrogen-bond donors (Lipinski definition) is 0. The van der Waals surface area contributed by atoms with Crippen molar-refractivity contribution >= 4 is 5.97 Å². The predicted molar refractivity (Wildman–Crippen MR) is 103 cm³/mol. The zero-order chi connectivity index (χ0) is 17.6. The minimum absolute atomic E-state index is 0.110. The van der Waals surface area contributed by atoms with Crippen LogP contribution in [0.3, 0.4) is 0 Å². The molecule has 144 valence electrons. The van der Waals surface area contributed by atoms with Crippen molar-refractivity contribution in [1.29, 1.82) is 0 Å². The van der Waals surface area contributed by atoms with Crippen molar-refractivity contribution in [3.8, 4) is 0 Å². The zero-order valence-electron chi connectivity index (χ0n) is 16.7. The second kappa shape index (κ2) is 9.42. The van der Waals surface area contributed by atoms with Crippen LogP contribution in [0.4, 0.5) is 0 Å². The summed E-state index contributed by atoms with van der Waals surface area (Å²) in [6, 6.07) is 0. The summed E-state index contributed by atoms with van der Waals surface area (Å²) in [4.78, 5) is 12.5. The van der Waals surface area contributed by atoms with Crippen molar-refractivity contribution in [2.75, 3.05) is 6.61 Å². The van der Waals surface area contributed by atoms with Gasteiger partial charge in [0.25, 0.3) is 0 Å². The lowest BCUT2D eigenvalue weighted by molar-refractivity contribution is -0.152. The van der Waals surface area contributed by atoms with Gasteiger partial charge in [0.1, 0.15) is 0 Å². The molecule has 2 nitrogen and oxygen atoms in total. The molecule has 3 aliphatic carbocycles. The highest BCUT2D eigenvalue weighted by Gasteiger charge is 2.33. The van der Waals surface area contributed by atoms with E-state index in [0.29, 0.717) is 12.5 Å². The van der Waals surface area contributed by atoms with E-state index in [1.54, 1.807) is 0 Å². The highest BCUT2D eigenvalue weighted by molar-refractivity contribution is 5.72. The van der Waals surface area contributed by atoms with Gasteiger partial charge < -0.3 is 4.74 Å². The Labute approximate surface area is 155 Å². The zero-order valence-corrected chi connectivity index (χ0v) is 16.7. The number of hydrogen-bond acceptors (Lipinski definition) is 2. The first kappa shape index (κ1) is 19.2. The van der Waals surface area contributed by atoms with Crippen molar-refractivity contribution in [2.24, 2.45) is 35.5 Å². The van der Waals surface area contributed by atoms with Gasteiger partial charge in [-0.05, 0) is 68.1 Å². The van der Waals surface area contributed by atoms with Gasteiger partial charge in [-0.15, -0.1) is 0 Å². The van der Waals surface area contributed by atoms with Gasteiger partial charge in [0.05, 0.1) is 12.5 Å². The average Bonchev–Trinajstić information content (AvgIpc) is 2.67. The largest absolute Gasteiger partial charge is 0.465 e. The summed E-state index contributed by atoms with van der Waals surface area (Å²) in [6.45, 7) is 5.34. The maximum atomic E-state index is 12.5. The van der Waals surface area contributed by atoms with Gasteiger partial charge in [0.15, 0.2) is 0 Å². The lowest BCUT2D eigenvalue weighted by Crippen LogP contribution is -2.30. The standard InChI is InChI=1S/C23H40O2/c1-17-8-10-20(11-9-17)21-12-14-22(15-13-21)23(24)25-16-18(2)19-6-4-3-5-7-19/h17-22H,3-16H2,1-2H3. The van der Waals surface area contributed by atoms with E-state index < -0.39 is 0 Å². The minimum Gasteiger partial charge on any atom is -0.465 e. The topological polar surface area (TPSA) is 26.3 Å². The van der Waals surface area contributed by atoms with Crippen LogP contribution in [0.5, 0.6) is 0 Å². The first-order valence-electron chi connectivity index (χ1n) is 11.3. The van der Waals surface area contributed by atoms with Crippen LogP contribution in [0.2, 0.25) is 0 Å². The Morgan fingerprint density at radius 3 is 2.00 bits per heavy atom. The minimum atomic E-state index is 0.110. The molecule has 0 radical (unpaired) electrons. The molecular formula is C23H40O2. The van der Waals surface area contributed by atoms with Gasteiger partial charge in [-0.1, -0.05) is 58.8 Å². The van der Waals surface area contributed by atoms with E-state index in [1.807, 2.05) is 0 Å². The number of esters is 1. The maximum Gasteiger partial charge on any atom is 0.308 e. The van der Waals surface area contributed by atoms with Crippen LogP contribution in [0, 0.1) is 35.5 Å². The predicted octanol–water partition coefficient (Wildman–Crippen LogP) is 6.38. The number of carbonyl (C=O) groups is 1. The van der Waals surface area contributed by atoms with E-state index in [0.717, 1.165) is 36.5 Å². The van der Waals surface area contributed by atoms with Gasteiger partial charge in [-0.2, -0.15) is 0 Å². The molecule has 0 spiro atoms. The monoisotopic (exact) mass is 348 g/mol. The smallest absolute Gasteiger partial charge is 0.308 e. The molecule has 3 fully saturated rings. The third-order valence-electron chi connectivity index (χ3n) is 7.78. The quantitative estimate of drug-likeness (QED) is 0.539. The average molecular weight is 349 g/mol. The molecule has 0 aromatic carbocycles. The maximum absolute atomic E-state index is 12.5. The summed E-state index contributed by atoms with van der Waals surface area (Å²) >= 11 is 0. The Kier molecular flexibility index (Phi) is 7.25. The third kappa shape index (κ3) is 5.47. The molecular weight excluding hydrogens is 308 g/mol. The second-order valence-electron chi connectivity index (χ2n) is 9.64. The van der Waals surface area contributed by atoms with E-state index in [-0.39, 0.29) is 11.9 Å². The Morgan fingerprint density at radius 1 is 0.840 bits per heavy atom. The van der Waals surface area contributed by atoms with Crippen molar-refractivity contribution in [1.82, 2.24) is 0 Å². The number of carbonyl (C=O) groups excluding carboxylic acids is 1. The van der Waals surface area contributed by atoms with Gasteiger partial charge >= 0.3 is 5.97 Å². The fraction of sp³-hybridized carbons (Fsp3) is 0.957. The Morgan fingerprint density at radius 2 is 1.40 bits per heavy atom. The summed E-state index contributed by atoms with van der Waals surface area (Å²) in [5.41, 5.74) is 0. The fourth-order valence-corrected chi connectivity index (χ4v) is 5.75. The SMILES string of the molecule is CC1CCC(C2CCC(C(=O)OCC(C)C3CCCCC3)CC2)CC1. The van der Waals surface area contributed by atoms with Gasteiger partial charge in [-0.25, -0.2) is 0 Å². The molecule has 0 amide bonds. The van der Waals surface area contributed by atoms with Gasteiger partial charge in [0.2, 0.25) is 0 Å². The van der Waals surface area contributed by atoms with E-state index in [4.69, 9.17) is 4.74 Å². The lowest BCUT2D eigenvalue weighted by Gasteiger charge is -2.36. The molecule has 2 heteroatoms. The second-order valence-corrected chi connectivity index (χ2v) is 9.64. The highest BCUT2D eigenvalue weighted by Crippen LogP contribution is 2.41. The molecule has 0 heterocycles. The fourth-order valence-electron chi connectivity index (χ4n) is 5.75. The first-order chi connectivity index (χ1) is 12.1. The first-order valence-corrected chi connectivity index (χ1v) is 11.3. The molecule has 25 heavy (non-hydrogen) atoms. The summed E-state index contributed by atoms with van der Waals surface area (Å²) in [7, 11) is 0. The van der Waals surface area contributed by atoms with Crippen LogP contribution in [-0.2, 0) is 9.53 Å². The van der Waals surface area contributed by atoms with Crippen molar-refractivity contribution in [2.45, 2.75) is 97.3 Å². The van der Waals surface area contributed by atoms with Crippen LogP contribution >= 0.6 is 0 Å². The number of ether oxygens (including phenoxy) is 1. The van der Waals surface area contributed by atoms with Crippen LogP contribution < -0.4 is 0 Å². The van der Waals surface area contributed by atoms with Crippen LogP contribution in [0.1, 0.15) is 97.3 Å². The molecule has 3 saturated carbocycles. The summed E-state index contributed by atoms with van der Waals surface area (Å²) in [6.07, 6.45) is 17.2. The van der Waals surface area contributed by atoms with Crippen molar-refractivity contribution in [3.63, 3.8) is 0 Å². The van der Waals surface area contributed by atoms with Crippen LogP contribution in [0.25, 0.3) is 0 Å². The summed E-state index contributed by atoms with van der Waals surface area (Å²) in [5.74, 6) is 4.40. The van der Waals surface area contributed by atoms with Crippen molar-refractivity contribution in [3.05, 3.63) is 0 Å². The number of rotatable bonds is 5. The normalized spacial score (nSPS) is 35.9. The van der Waals surface area contributed by atoms with Gasteiger partial charge in [-0.3, -0.25) is 4.79 Å². The van der Waals surface area contributed by atoms with E-state index in [2.05, 4.69) is 13.8 Å². The molecule has 0 bridgehead atoms. The highest BCUT2D eigenvalue weighted by atomic mass is 16.5. The molecule has 3 rings (SSSR count). The molecule has 0 N–H and O–H groups in total. The molecule has 0 aromatic rings. The molecule has 1 atom stereocenters. The Balaban J connectivity index is 1.35. The van der Waals surface area contributed by atoms with E-state index >= 15 is 0 Å². The lowest BCUT2D eigenvalue weighted by atomic mass is 9.69. The molecule has 0 aromatic heterocycles.